The number of hydrogen-bond donors (Lipinski definition) is 1. The largest absolute Gasteiger partial charge is 0.493 e. The topological polar surface area (TPSA) is 101 Å². The third-order valence-corrected chi connectivity index (χ3v) is 4.77. The zero-order chi connectivity index (χ0) is 24.1. The molecule has 1 aromatic heterocycles. The highest BCUT2D eigenvalue weighted by Crippen LogP contribution is 2.29. The van der Waals surface area contributed by atoms with Gasteiger partial charge in [-0.25, -0.2) is 9.48 Å². The summed E-state index contributed by atoms with van der Waals surface area (Å²) in [5, 5.41) is 2.47. The molecule has 0 radical (unpaired) electrons. The number of halogens is 2. The minimum atomic E-state index is -3.06. The maximum atomic E-state index is 12.8. The van der Waals surface area contributed by atoms with Gasteiger partial charge in [0.05, 0.1) is 24.1 Å². The number of anilines is 1. The van der Waals surface area contributed by atoms with Crippen LogP contribution in [-0.4, -0.2) is 41.6 Å². The van der Waals surface area contributed by atoms with Crippen LogP contribution in [0.4, 0.5) is 14.5 Å². The fraction of sp³-hybridized carbons (Fsp3) is 0.227. The van der Waals surface area contributed by atoms with E-state index in [0.29, 0.717) is 11.4 Å². The molecule has 0 fully saturated rings. The Morgan fingerprint density at radius 3 is 2.42 bits per heavy atom. The van der Waals surface area contributed by atoms with Gasteiger partial charge in [-0.05, 0) is 37.3 Å². The molecule has 3 aromatic rings. The molecule has 9 nitrogen and oxygen atoms in total. The lowest BCUT2D eigenvalue weighted by Gasteiger charge is -2.11. The van der Waals surface area contributed by atoms with Gasteiger partial charge >= 0.3 is 12.6 Å². The van der Waals surface area contributed by atoms with Crippen LogP contribution in [0.5, 0.6) is 11.5 Å². The molecule has 33 heavy (non-hydrogen) atoms. The van der Waals surface area contributed by atoms with Crippen LogP contribution in [0.1, 0.15) is 16.1 Å². The number of alkyl halides is 2. The van der Waals surface area contributed by atoms with Gasteiger partial charge in [-0.2, -0.15) is 8.78 Å². The molecule has 0 saturated heterocycles. The Balaban J connectivity index is 1.69. The number of ether oxygens (including phenoxy) is 3. The minimum Gasteiger partial charge on any atom is -0.493 e. The van der Waals surface area contributed by atoms with Crippen LogP contribution in [0.25, 0.3) is 5.69 Å². The molecule has 174 valence electrons. The number of carbonyl (C=O) groups excluding carboxylic acids is 2. The second kappa shape index (κ2) is 9.98. The van der Waals surface area contributed by atoms with E-state index in [9.17, 15) is 23.2 Å². The molecule has 0 aliphatic heterocycles. The lowest BCUT2D eigenvalue weighted by molar-refractivity contribution is -0.119. The van der Waals surface area contributed by atoms with Crippen molar-refractivity contribution in [1.29, 1.82) is 0 Å². The van der Waals surface area contributed by atoms with Gasteiger partial charge in [-0.3, -0.25) is 14.3 Å². The van der Waals surface area contributed by atoms with E-state index in [1.807, 2.05) is 6.07 Å². The average molecular weight is 461 g/mol. The number of hydrogen-bond acceptors (Lipinski definition) is 6. The first-order chi connectivity index (χ1) is 15.7. The van der Waals surface area contributed by atoms with Crippen molar-refractivity contribution in [2.24, 2.45) is 7.05 Å². The van der Waals surface area contributed by atoms with Crippen LogP contribution in [0.3, 0.4) is 0 Å². The number of nitrogens with one attached hydrogen (secondary N) is 1. The summed E-state index contributed by atoms with van der Waals surface area (Å²) in [6.07, 6.45) is 0. The highest BCUT2D eigenvalue weighted by atomic mass is 19.3. The van der Waals surface area contributed by atoms with Crippen LogP contribution in [0, 0.1) is 6.92 Å². The van der Waals surface area contributed by atoms with Crippen molar-refractivity contribution in [3.8, 4) is 17.2 Å². The van der Waals surface area contributed by atoms with Gasteiger partial charge in [0.1, 0.15) is 5.69 Å². The molecular formula is C22H21F2N3O6. The van der Waals surface area contributed by atoms with E-state index in [1.165, 1.54) is 17.9 Å². The highest BCUT2D eigenvalue weighted by Gasteiger charge is 2.20. The maximum absolute atomic E-state index is 12.8. The number of amides is 1. The van der Waals surface area contributed by atoms with Gasteiger partial charge < -0.3 is 19.5 Å². The molecule has 0 bridgehead atoms. The number of aromatic nitrogens is 2. The zero-order valence-electron chi connectivity index (χ0n) is 18.0. The van der Waals surface area contributed by atoms with E-state index in [-0.39, 0.29) is 22.7 Å². The van der Waals surface area contributed by atoms with Crippen LogP contribution < -0.4 is 20.3 Å². The Bertz CT molecular complexity index is 1220. The molecule has 0 saturated carbocycles. The Kier molecular flexibility index (Phi) is 7.11. The molecule has 1 heterocycles. The average Bonchev–Trinajstić information content (AvgIpc) is 3.01. The fourth-order valence-corrected chi connectivity index (χ4v) is 3.09. The van der Waals surface area contributed by atoms with E-state index in [0.717, 1.165) is 12.1 Å². The first kappa shape index (κ1) is 23.5. The number of para-hydroxylation sites is 1. The summed E-state index contributed by atoms with van der Waals surface area (Å²) in [4.78, 5) is 37.4. The van der Waals surface area contributed by atoms with Gasteiger partial charge in [0, 0.05) is 7.05 Å². The van der Waals surface area contributed by atoms with Crippen LogP contribution >= 0.6 is 0 Å². The number of esters is 1. The molecule has 0 aliphatic rings. The Morgan fingerprint density at radius 1 is 1.09 bits per heavy atom. The van der Waals surface area contributed by atoms with Crippen molar-refractivity contribution in [3.05, 3.63) is 70.1 Å². The number of rotatable bonds is 8. The van der Waals surface area contributed by atoms with E-state index in [4.69, 9.17) is 9.47 Å². The Labute approximate surface area is 187 Å². The molecule has 3 rings (SSSR count). The zero-order valence-corrected chi connectivity index (χ0v) is 18.0. The summed E-state index contributed by atoms with van der Waals surface area (Å²) in [6.45, 7) is -2.07. The number of nitrogens with zero attached hydrogens (tertiary/aromatic N) is 2. The molecule has 1 amide bonds. The van der Waals surface area contributed by atoms with Crippen LogP contribution in [0.2, 0.25) is 0 Å². The van der Waals surface area contributed by atoms with Crippen molar-refractivity contribution in [1.82, 2.24) is 9.36 Å². The lowest BCUT2D eigenvalue weighted by Crippen LogP contribution is -2.25. The molecule has 1 N–H and O–H groups in total. The van der Waals surface area contributed by atoms with Crippen LogP contribution in [-0.2, 0) is 16.6 Å². The Hall–Kier alpha value is -4.15. The van der Waals surface area contributed by atoms with Crippen molar-refractivity contribution >= 4 is 17.6 Å². The maximum Gasteiger partial charge on any atom is 0.387 e. The minimum absolute atomic E-state index is 0.0383. The smallest absolute Gasteiger partial charge is 0.387 e. The van der Waals surface area contributed by atoms with E-state index < -0.39 is 30.7 Å². The Morgan fingerprint density at radius 2 is 1.79 bits per heavy atom. The SMILES string of the molecule is COc1cc(C(=O)OCC(=O)Nc2c(C)n(C)n(-c3ccccc3)c2=O)ccc1OC(F)F. The molecule has 11 heteroatoms. The molecular weight excluding hydrogens is 440 g/mol. The normalized spacial score (nSPS) is 10.7. The first-order valence-corrected chi connectivity index (χ1v) is 9.66. The standard InChI is InChI=1S/C22H21F2N3O6/c1-13-19(20(29)27(26(13)2)15-7-5-4-6-8-15)25-18(28)12-32-21(30)14-9-10-16(33-22(23)24)17(11-14)31-3/h4-11,22H,12H2,1-3H3,(H,25,28). The molecule has 0 atom stereocenters. The summed E-state index contributed by atoms with van der Waals surface area (Å²) in [5.41, 5.74) is 0.692. The highest BCUT2D eigenvalue weighted by molar-refractivity contribution is 5.96. The summed E-state index contributed by atoms with van der Waals surface area (Å²) < 4.78 is 42.0. The van der Waals surface area contributed by atoms with Gasteiger partial charge in [-0.1, -0.05) is 18.2 Å². The summed E-state index contributed by atoms with van der Waals surface area (Å²) in [7, 11) is 2.90. The summed E-state index contributed by atoms with van der Waals surface area (Å²) in [6, 6.07) is 12.3. The van der Waals surface area contributed by atoms with Gasteiger partial charge in [0.25, 0.3) is 11.5 Å². The van der Waals surface area contributed by atoms with Crippen molar-refractivity contribution in [2.75, 3.05) is 19.0 Å². The predicted octanol–water partition coefficient (Wildman–Crippen LogP) is 2.89. The number of benzene rings is 2. The molecule has 0 spiro atoms. The fourth-order valence-electron chi connectivity index (χ4n) is 3.09. The second-order valence-corrected chi connectivity index (χ2v) is 6.80. The van der Waals surface area contributed by atoms with Crippen LogP contribution in [0.15, 0.2) is 53.3 Å². The summed E-state index contributed by atoms with van der Waals surface area (Å²) >= 11 is 0. The van der Waals surface area contributed by atoms with Crippen molar-refractivity contribution < 1.29 is 32.6 Å². The lowest BCUT2D eigenvalue weighted by atomic mass is 10.2. The first-order valence-electron chi connectivity index (χ1n) is 9.66. The monoisotopic (exact) mass is 461 g/mol. The third kappa shape index (κ3) is 5.20. The van der Waals surface area contributed by atoms with Gasteiger partial charge in [0.2, 0.25) is 0 Å². The van der Waals surface area contributed by atoms with Crippen molar-refractivity contribution in [3.63, 3.8) is 0 Å². The quantitative estimate of drug-likeness (QED) is 0.518. The van der Waals surface area contributed by atoms with E-state index in [1.54, 1.807) is 42.9 Å². The second-order valence-electron chi connectivity index (χ2n) is 6.80. The van der Waals surface area contributed by atoms with Gasteiger partial charge in [0.15, 0.2) is 18.1 Å². The number of carbonyl (C=O) groups is 2. The molecule has 0 aliphatic carbocycles. The van der Waals surface area contributed by atoms with E-state index in [2.05, 4.69) is 10.1 Å². The predicted molar refractivity (Wildman–Crippen MR) is 114 cm³/mol. The third-order valence-electron chi connectivity index (χ3n) is 4.77. The molecule has 0 unspecified atom stereocenters. The molecule has 2 aromatic carbocycles. The van der Waals surface area contributed by atoms with E-state index >= 15 is 0 Å². The van der Waals surface area contributed by atoms with Gasteiger partial charge in [-0.15, -0.1) is 0 Å². The number of methoxy groups -OCH3 is 1. The summed E-state index contributed by atoms with van der Waals surface area (Å²) in [5.74, 6) is -1.97. The van der Waals surface area contributed by atoms with Crippen molar-refractivity contribution in [2.45, 2.75) is 13.5 Å².